The van der Waals surface area contributed by atoms with E-state index in [0.717, 1.165) is 54.5 Å². The number of piperidine rings is 1. The molecule has 1 saturated heterocycles. The van der Waals surface area contributed by atoms with Crippen LogP contribution >= 0.6 is 0 Å². The predicted molar refractivity (Wildman–Crippen MR) is 107 cm³/mol. The number of ether oxygens (including phenoxy) is 1. The van der Waals surface area contributed by atoms with E-state index in [4.69, 9.17) is 4.74 Å². The molecule has 0 aliphatic carbocycles. The minimum atomic E-state index is -0.467. The first-order valence-corrected chi connectivity index (χ1v) is 9.74. The van der Waals surface area contributed by atoms with Crippen LogP contribution < -0.4 is 0 Å². The Morgan fingerprint density at radius 1 is 1.24 bits per heavy atom. The number of rotatable bonds is 5. The van der Waals surface area contributed by atoms with Gasteiger partial charge in [-0.1, -0.05) is 12.1 Å². The zero-order valence-electron chi connectivity index (χ0n) is 16.3. The molecule has 29 heavy (non-hydrogen) atoms. The van der Waals surface area contributed by atoms with E-state index in [1.807, 2.05) is 0 Å². The first-order valence-electron chi connectivity index (χ1n) is 9.74. The molecule has 0 bridgehead atoms. The lowest BCUT2D eigenvalue weighted by Crippen LogP contribution is -2.35. The van der Waals surface area contributed by atoms with Crippen LogP contribution in [-0.2, 0) is 17.8 Å². The van der Waals surface area contributed by atoms with Gasteiger partial charge in [0.15, 0.2) is 0 Å². The number of fused-ring (bicyclic) bond motifs is 1. The molecule has 1 aromatic carbocycles. The van der Waals surface area contributed by atoms with Crippen molar-refractivity contribution in [2.24, 2.45) is 0 Å². The predicted octanol–water partition coefficient (Wildman–Crippen LogP) is 2.97. The summed E-state index contributed by atoms with van der Waals surface area (Å²) in [5.74, 6) is -0.728. The van der Waals surface area contributed by atoms with Gasteiger partial charge in [0.1, 0.15) is 11.5 Å². The van der Waals surface area contributed by atoms with E-state index in [9.17, 15) is 14.3 Å². The maximum Gasteiger partial charge on any atom is 0.356 e. The normalized spacial score (nSPS) is 15.7. The summed E-state index contributed by atoms with van der Waals surface area (Å²) < 4.78 is 20.1. The van der Waals surface area contributed by atoms with Gasteiger partial charge >= 0.3 is 5.97 Å². The number of hydrogen-bond acceptors (Lipinski definition) is 5. The summed E-state index contributed by atoms with van der Waals surface area (Å²) in [7, 11) is 1.34. The number of aliphatic hydroxyl groups excluding tert-OH is 1. The molecular weight excluding hydrogens is 373 g/mol. The molecule has 152 valence electrons. The lowest BCUT2D eigenvalue weighted by atomic mass is 10.1. The zero-order chi connectivity index (χ0) is 20.4. The van der Waals surface area contributed by atoms with Crippen molar-refractivity contribution in [2.75, 3.05) is 20.2 Å². The Kier molecular flexibility index (Phi) is 5.60. The van der Waals surface area contributed by atoms with Crippen molar-refractivity contribution < 1.29 is 19.0 Å². The third-order valence-electron chi connectivity index (χ3n) is 5.46. The second-order valence-electron chi connectivity index (χ2n) is 7.49. The van der Waals surface area contributed by atoms with Crippen molar-refractivity contribution in [3.8, 4) is 0 Å². The molecule has 1 fully saturated rings. The van der Waals surface area contributed by atoms with Gasteiger partial charge in [-0.3, -0.25) is 4.90 Å². The summed E-state index contributed by atoms with van der Waals surface area (Å²) in [5.41, 5.74) is 3.25. The number of esters is 1. The Morgan fingerprint density at radius 3 is 2.66 bits per heavy atom. The van der Waals surface area contributed by atoms with Gasteiger partial charge in [0.25, 0.3) is 0 Å². The molecule has 1 N–H and O–H groups in total. The molecular formula is C22H24FN3O3. The smallest absolute Gasteiger partial charge is 0.356 e. The molecule has 6 nitrogen and oxygen atoms in total. The van der Waals surface area contributed by atoms with E-state index in [1.165, 1.54) is 19.2 Å². The highest BCUT2D eigenvalue weighted by molar-refractivity contribution is 5.93. The second kappa shape index (κ2) is 8.31. The molecule has 2 aromatic heterocycles. The molecule has 3 heterocycles. The molecule has 0 radical (unpaired) electrons. The molecule has 1 aliphatic heterocycles. The molecule has 0 saturated carbocycles. The first-order chi connectivity index (χ1) is 14.0. The Bertz CT molecular complexity index is 1010. The molecule has 0 unspecified atom stereocenters. The van der Waals surface area contributed by atoms with Crippen LogP contribution in [0.3, 0.4) is 0 Å². The van der Waals surface area contributed by atoms with Crippen LogP contribution in [0.25, 0.3) is 10.9 Å². The molecule has 3 aromatic rings. The lowest BCUT2D eigenvalue weighted by molar-refractivity contribution is 0.0594. The lowest BCUT2D eigenvalue weighted by Gasteiger charge is -2.29. The Morgan fingerprint density at radius 2 is 1.97 bits per heavy atom. The van der Waals surface area contributed by atoms with Gasteiger partial charge in [-0.15, -0.1) is 0 Å². The molecule has 7 heteroatoms. The molecule has 4 rings (SSSR count). The van der Waals surface area contributed by atoms with Gasteiger partial charge in [0, 0.05) is 37.8 Å². The van der Waals surface area contributed by atoms with Crippen LogP contribution in [-0.4, -0.2) is 51.8 Å². The van der Waals surface area contributed by atoms with E-state index in [-0.39, 0.29) is 17.6 Å². The van der Waals surface area contributed by atoms with Crippen molar-refractivity contribution in [3.05, 3.63) is 65.4 Å². The number of halogens is 1. The molecule has 0 atom stereocenters. The van der Waals surface area contributed by atoms with Gasteiger partial charge in [-0.2, -0.15) is 0 Å². The van der Waals surface area contributed by atoms with E-state index >= 15 is 0 Å². The summed E-state index contributed by atoms with van der Waals surface area (Å²) in [6.45, 7) is 2.97. The monoisotopic (exact) mass is 397 g/mol. The number of carbonyl (C=O) groups is 1. The third kappa shape index (κ3) is 4.31. The fourth-order valence-corrected chi connectivity index (χ4v) is 3.84. The number of likely N-dealkylation sites (tertiary alicyclic amines) is 1. The summed E-state index contributed by atoms with van der Waals surface area (Å²) in [4.78, 5) is 18.5. The summed E-state index contributed by atoms with van der Waals surface area (Å²) in [5, 5.41) is 10.7. The number of pyridine rings is 1. The van der Waals surface area contributed by atoms with Gasteiger partial charge in [0.05, 0.1) is 24.9 Å². The summed E-state index contributed by atoms with van der Waals surface area (Å²) in [6.07, 6.45) is 5.07. The highest BCUT2D eigenvalue weighted by Gasteiger charge is 2.20. The average molecular weight is 397 g/mol. The van der Waals surface area contributed by atoms with E-state index in [0.29, 0.717) is 6.54 Å². The minimum Gasteiger partial charge on any atom is -0.464 e. The number of aliphatic hydroxyl groups is 1. The van der Waals surface area contributed by atoms with Gasteiger partial charge < -0.3 is 14.4 Å². The van der Waals surface area contributed by atoms with Crippen LogP contribution in [0.5, 0.6) is 0 Å². The van der Waals surface area contributed by atoms with E-state index in [2.05, 4.69) is 20.6 Å². The van der Waals surface area contributed by atoms with Crippen LogP contribution in [0, 0.1) is 5.82 Å². The van der Waals surface area contributed by atoms with Crippen molar-refractivity contribution in [1.82, 2.24) is 14.5 Å². The summed E-state index contributed by atoms with van der Waals surface area (Å²) in [6, 6.07) is 8.21. The Labute approximate surface area is 168 Å². The van der Waals surface area contributed by atoms with Crippen LogP contribution in [0.2, 0.25) is 0 Å². The number of methoxy groups -OCH3 is 1. The maximum absolute atomic E-state index is 13.2. The quantitative estimate of drug-likeness (QED) is 0.671. The number of carbonyl (C=O) groups excluding carboxylic acids is 1. The number of nitrogens with zero attached hydrogens (tertiary/aromatic N) is 3. The SMILES string of the molecule is COC(=O)c1cc2c(CN3CCC(O)CC3)cn(Cc3ccc(F)cc3)c2cn1. The van der Waals surface area contributed by atoms with E-state index in [1.54, 1.807) is 24.4 Å². The molecule has 0 amide bonds. The molecule has 1 aliphatic rings. The average Bonchev–Trinajstić information content (AvgIpc) is 3.07. The van der Waals surface area contributed by atoms with Crippen LogP contribution in [0.4, 0.5) is 4.39 Å². The van der Waals surface area contributed by atoms with Crippen molar-refractivity contribution in [2.45, 2.75) is 32.0 Å². The minimum absolute atomic E-state index is 0.221. The maximum atomic E-state index is 13.2. The number of aromatic nitrogens is 2. The van der Waals surface area contributed by atoms with E-state index < -0.39 is 5.97 Å². The number of hydrogen-bond donors (Lipinski definition) is 1. The van der Waals surface area contributed by atoms with Crippen molar-refractivity contribution in [3.63, 3.8) is 0 Å². The van der Waals surface area contributed by atoms with Gasteiger partial charge in [-0.05, 0) is 42.2 Å². The van der Waals surface area contributed by atoms with Crippen LogP contribution in [0.1, 0.15) is 34.5 Å². The van der Waals surface area contributed by atoms with Gasteiger partial charge in [-0.25, -0.2) is 14.2 Å². The Balaban J connectivity index is 1.69. The highest BCUT2D eigenvalue weighted by Crippen LogP contribution is 2.26. The van der Waals surface area contributed by atoms with Crippen LogP contribution in [0.15, 0.2) is 42.7 Å². The third-order valence-corrected chi connectivity index (χ3v) is 5.46. The highest BCUT2D eigenvalue weighted by atomic mass is 19.1. The summed E-state index contributed by atoms with van der Waals surface area (Å²) >= 11 is 0. The van der Waals surface area contributed by atoms with Gasteiger partial charge in [0.2, 0.25) is 0 Å². The first kappa shape index (κ1) is 19.5. The fraction of sp³-hybridized carbons (Fsp3) is 0.364. The second-order valence-corrected chi connectivity index (χ2v) is 7.49. The standard InChI is InChI=1S/C22H24FN3O3/c1-29-22(28)20-10-19-16(13-25-8-6-18(27)7-9-25)14-26(21(19)11-24-20)12-15-2-4-17(23)5-3-15/h2-5,10-11,14,18,27H,6-9,12-13H2,1H3. The Hall–Kier alpha value is -2.77. The van der Waals surface area contributed by atoms with Crippen molar-refractivity contribution >= 4 is 16.9 Å². The fourth-order valence-electron chi connectivity index (χ4n) is 3.84. The van der Waals surface area contributed by atoms with Crippen molar-refractivity contribution in [1.29, 1.82) is 0 Å². The zero-order valence-corrected chi connectivity index (χ0v) is 16.3. The number of benzene rings is 1. The largest absolute Gasteiger partial charge is 0.464 e. The molecule has 0 spiro atoms. The topological polar surface area (TPSA) is 67.6 Å².